The summed E-state index contributed by atoms with van der Waals surface area (Å²) in [4.78, 5) is 47.0. The van der Waals surface area contributed by atoms with Crippen molar-refractivity contribution < 1.29 is 29.0 Å². The molecule has 6 aliphatic rings. The molecule has 83 heavy (non-hydrogen) atoms. The number of alkyl halides is 1. The van der Waals surface area contributed by atoms with E-state index in [0.29, 0.717) is 13.2 Å². The molecule has 0 radical (unpaired) electrons. The van der Waals surface area contributed by atoms with Gasteiger partial charge in [0.15, 0.2) is 0 Å². The second kappa shape index (κ2) is 32.0. The van der Waals surface area contributed by atoms with Crippen LogP contribution in [0.15, 0.2) is 193 Å². The van der Waals surface area contributed by atoms with E-state index in [4.69, 9.17) is 14.6 Å². The van der Waals surface area contributed by atoms with E-state index in [1.165, 1.54) is 79.5 Å². The third-order valence-electron chi connectivity index (χ3n) is 15.9. The summed E-state index contributed by atoms with van der Waals surface area (Å²) in [6.45, 7) is 12.4. The molecule has 6 aliphatic heterocycles. The summed E-state index contributed by atoms with van der Waals surface area (Å²) in [5.41, 5.74) is 12.1. The molecule has 434 valence electrons. The predicted molar refractivity (Wildman–Crippen MR) is 345 cm³/mol. The molecule has 3 saturated heterocycles. The summed E-state index contributed by atoms with van der Waals surface area (Å²) >= 11 is 9.08. The monoisotopic (exact) mass is 1230 g/mol. The van der Waals surface area contributed by atoms with Crippen LogP contribution >= 0.6 is 51.2 Å². The van der Waals surface area contributed by atoms with Gasteiger partial charge in [-0.1, -0.05) is 179 Å². The maximum Gasteiger partial charge on any atom is 0.309 e. The molecule has 0 unspecified atom stereocenters. The first-order valence-electron chi connectivity index (χ1n) is 29.7. The third-order valence-corrected chi connectivity index (χ3v) is 19.8. The van der Waals surface area contributed by atoms with Gasteiger partial charge in [0.1, 0.15) is 0 Å². The van der Waals surface area contributed by atoms with Crippen LogP contribution in [0.25, 0.3) is 16.7 Å². The SMILES string of the molecule is BrCCC=C1c2ccccc2Sc2ccccc21.CCOC(=O)C1CCN(CCC=C2c3ccccc3Sc3ccccc32)CC1.CCOC(=O)C1CCNCC1.O=C(O)C1CCN(CCC=C2c3ccccc3Sc3ccccc32)CC1. The van der Waals surface area contributed by atoms with Gasteiger partial charge in [-0.05, 0) is 197 Å². The van der Waals surface area contributed by atoms with Crippen molar-refractivity contribution in [3.63, 3.8) is 0 Å². The molecule has 13 heteroatoms. The summed E-state index contributed by atoms with van der Waals surface area (Å²) in [5, 5.41) is 13.3. The van der Waals surface area contributed by atoms with Gasteiger partial charge in [-0.3, -0.25) is 14.4 Å². The molecule has 0 aliphatic carbocycles. The first-order chi connectivity index (χ1) is 40.7. The molecule has 0 saturated carbocycles. The number of piperidine rings is 3. The molecule has 6 aromatic carbocycles. The summed E-state index contributed by atoms with van der Waals surface area (Å²) in [6, 6.07) is 51.9. The summed E-state index contributed by atoms with van der Waals surface area (Å²) in [5.74, 6) is -0.593. The minimum Gasteiger partial charge on any atom is -0.481 e. The van der Waals surface area contributed by atoms with E-state index in [1.807, 2.05) is 49.1 Å². The topological polar surface area (TPSA) is 108 Å². The number of carbonyl (C=O) groups excluding carboxylic acids is 2. The molecule has 0 atom stereocenters. The Bertz CT molecular complexity index is 3090. The Morgan fingerprint density at radius 1 is 0.470 bits per heavy atom. The number of carboxylic acid groups (broad SMARTS) is 1. The van der Waals surface area contributed by atoms with Gasteiger partial charge in [0.2, 0.25) is 0 Å². The van der Waals surface area contributed by atoms with Crippen LogP contribution in [-0.4, -0.2) is 104 Å². The van der Waals surface area contributed by atoms with Crippen molar-refractivity contribution in [2.45, 2.75) is 101 Å². The van der Waals surface area contributed by atoms with Gasteiger partial charge < -0.3 is 29.7 Å². The van der Waals surface area contributed by atoms with E-state index in [2.05, 4.69) is 195 Å². The van der Waals surface area contributed by atoms with E-state index in [-0.39, 0.29) is 29.7 Å². The van der Waals surface area contributed by atoms with E-state index in [0.717, 1.165) is 115 Å². The predicted octanol–water partition coefficient (Wildman–Crippen LogP) is 15.9. The van der Waals surface area contributed by atoms with Crippen molar-refractivity contribution in [2.75, 3.05) is 70.9 Å². The highest BCUT2D eigenvalue weighted by Crippen LogP contribution is 2.48. The Kier molecular flexibility index (Phi) is 23.9. The van der Waals surface area contributed by atoms with E-state index < -0.39 is 5.97 Å². The van der Waals surface area contributed by atoms with Crippen LogP contribution < -0.4 is 5.32 Å². The molecule has 6 aromatic rings. The van der Waals surface area contributed by atoms with Gasteiger partial charge in [0.05, 0.1) is 31.0 Å². The number of hydrogen-bond donors (Lipinski definition) is 2. The number of allylic oxidation sites excluding steroid dienone is 1. The minimum absolute atomic E-state index is 0.0165. The van der Waals surface area contributed by atoms with E-state index in [9.17, 15) is 14.4 Å². The molecule has 12 rings (SSSR count). The van der Waals surface area contributed by atoms with Crippen molar-refractivity contribution in [3.8, 4) is 0 Å². The second-order valence-corrected chi connectivity index (χ2v) is 25.3. The average Bonchev–Trinajstić information content (AvgIpc) is 3.64. The Morgan fingerprint density at radius 3 is 1.06 bits per heavy atom. The normalized spacial score (nSPS) is 16.6. The van der Waals surface area contributed by atoms with Crippen LogP contribution in [0.5, 0.6) is 0 Å². The number of hydrogen-bond acceptors (Lipinski definition) is 11. The van der Waals surface area contributed by atoms with Gasteiger partial charge in [-0.2, -0.15) is 0 Å². The number of nitrogens with one attached hydrogen (secondary N) is 1. The number of fused-ring (bicyclic) bond motifs is 6. The van der Waals surface area contributed by atoms with Crippen LogP contribution in [-0.2, 0) is 23.9 Å². The van der Waals surface area contributed by atoms with Gasteiger partial charge >= 0.3 is 17.9 Å². The highest BCUT2D eigenvalue weighted by Gasteiger charge is 2.28. The molecule has 6 heterocycles. The number of esters is 2. The van der Waals surface area contributed by atoms with Crippen molar-refractivity contribution >= 4 is 85.8 Å². The standard InChI is InChI=1S/C24H27NO2S.C22H23NO2S.C16H13BrS.C8H15NO2/c1-2-27-24(26)18-13-16-25(17-14-18)15-7-10-19-20-8-3-5-11-22(20)28-23-12-6-4-9-21(19)23;24-22(25)16-11-14-23(15-12-16)13-5-8-17-18-6-1-3-9-20(18)26-21-10-4-2-7-19(17)21;17-11-5-8-12-13-6-1-3-9-15(13)18-16-10-4-2-7-14(12)16;1-2-11-8(10)7-3-5-9-6-4-7/h3-6,8-12,18H,2,7,13-17H2,1H3;1-4,6-10,16H,5,11-15H2,(H,24,25);1-4,6-10H,5,11H2;7,9H,2-6H2,1H3. The number of halogens is 1. The van der Waals surface area contributed by atoms with Crippen LogP contribution in [0.3, 0.4) is 0 Å². The Labute approximate surface area is 513 Å². The number of aliphatic carboxylic acids is 1. The third kappa shape index (κ3) is 16.8. The van der Waals surface area contributed by atoms with Gasteiger partial charge in [-0.15, -0.1) is 0 Å². The van der Waals surface area contributed by atoms with Gasteiger partial charge in [0, 0.05) is 47.8 Å². The maximum atomic E-state index is 11.9. The van der Waals surface area contributed by atoms with Crippen molar-refractivity contribution in [2.24, 2.45) is 17.8 Å². The lowest BCUT2D eigenvalue weighted by Gasteiger charge is -2.30. The van der Waals surface area contributed by atoms with Crippen LogP contribution in [0.4, 0.5) is 0 Å². The first-order valence-corrected chi connectivity index (χ1v) is 33.3. The molecule has 0 aromatic heterocycles. The Morgan fingerprint density at radius 2 is 0.759 bits per heavy atom. The number of nitrogens with zero attached hydrogens (tertiary/aromatic N) is 2. The van der Waals surface area contributed by atoms with Crippen molar-refractivity contribution in [1.82, 2.24) is 15.1 Å². The van der Waals surface area contributed by atoms with Crippen molar-refractivity contribution in [1.29, 1.82) is 0 Å². The summed E-state index contributed by atoms with van der Waals surface area (Å²) < 4.78 is 10.1. The fourth-order valence-electron chi connectivity index (χ4n) is 11.5. The first kappa shape index (κ1) is 61.9. The smallest absolute Gasteiger partial charge is 0.309 e. The largest absolute Gasteiger partial charge is 0.481 e. The summed E-state index contributed by atoms with van der Waals surface area (Å²) in [6.07, 6.45) is 15.4. The van der Waals surface area contributed by atoms with Crippen LogP contribution in [0, 0.1) is 17.8 Å². The number of benzene rings is 6. The Hall–Kier alpha value is -5.64. The lowest BCUT2D eigenvalue weighted by molar-refractivity contribution is -0.150. The lowest BCUT2D eigenvalue weighted by atomic mass is 9.95. The highest BCUT2D eigenvalue weighted by molar-refractivity contribution is 9.09. The number of likely N-dealkylation sites (tertiary alicyclic amines) is 2. The molecule has 3 fully saturated rings. The zero-order chi connectivity index (χ0) is 57.8. The molecule has 0 spiro atoms. The Balaban J connectivity index is 0.000000139. The fourth-order valence-corrected chi connectivity index (χ4v) is 15.0. The maximum absolute atomic E-state index is 11.9. The quantitative estimate of drug-likeness (QED) is 0.0848. The molecular weight excluding hydrogens is 1150 g/mol. The average molecular weight is 1230 g/mol. The van der Waals surface area contributed by atoms with Crippen LogP contribution in [0.1, 0.15) is 105 Å². The lowest BCUT2D eigenvalue weighted by Crippen LogP contribution is -2.37. The molecule has 9 nitrogen and oxygen atoms in total. The molecule has 0 amide bonds. The number of carboxylic acids is 1. The second-order valence-electron chi connectivity index (χ2n) is 21.3. The van der Waals surface area contributed by atoms with Crippen LogP contribution in [0.2, 0.25) is 0 Å². The van der Waals surface area contributed by atoms with Gasteiger partial charge in [-0.25, -0.2) is 0 Å². The van der Waals surface area contributed by atoms with E-state index in [1.54, 1.807) is 0 Å². The molecular formula is C70H78BrN3O6S3. The highest BCUT2D eigenvalue weighted by atomic mass is 79.9. The number of carbonyl (C=O) groups is 3. The zero-order valence-electron chi connectivity index (χ0n) is 47.9. The molecule has 0 bridgehead atoms. The minimum atomic E-state index is -0.639. The number of rotatable bonds is 13. The molecule has 2 N–H and O–H groups in total. The van der Waals surface area contributed by atoms with E-state index >= 15 is 0 Å². The number of ether oxygens (including phenoxy) is 2. The fraction of sp³-hybridized carbons (Fsp3) is 0.357. The summed E-state index contributed by atoms with van der Waals surface area (Å²) in [7, 11) is 0. The van der Waals surface area contributed by atoms with Crippen molar-refractivity contribution in [3.05, 3.63) is 197 Å². The zero-order valence-corrected chi connectivity index (χ0v) is 52.0. The van der Waals surface area contributed by atoms with Gasteiger partial charge in [0.25, 0.3) is 0 Å².